The Morgan fingerprint density at radius 3 is 2.47 bits per heavy atom. The summed E-state index contributed by atoms with van der Waals surface area (Å²) in [5, 5.41) is 19.7. The van der Waals surface area contributed by atoms with Gasteiger partial charge in [0, 0.05) is 22.8 Å². The highest BCUT2D eigenvalue weighted by Crippen LogP contribution is 2.35. The predicted molar refractivity (Wildman–Crippen MR) is 102 cm³/mol. The van der Waals surface area contributed by atoms with Crippen molar-refractivity contribution in [2.24, 2.45) is 0 Å². The van der Waals surface area contributed by atoms with Gasteiger partial charge in [-0.2, -0.15) is 13.2 Å². The van der Waals surface area contributed by atoms with Crippen molar-refractivity contribution in [3.8, 4) is 0 Å². The molecule has 172 valence electrons. The van der Waals surface area contributed by atoms with Crippen LogP contribution in [0.15, 0.2) is 24.3 Å². The molecule has 1 saturated heterocycles. The Kier molecular flexibility index (Phi) is 5.12. The minimum atomic E-state index is -4.92. The van der Waals surface area contributed by atoms with Gasteiger partial charge in [-0.05, 0) is 25.1 Å². The summed E-state index contributed by atoms with van der Waals surface area (Å²) in [6, 6.07) is -0.725. The number of aliphatic hydroxyl groups is 2. The molecule has 2 amide bonds. The summed E-state index contributed by atoms with van der Waals surface area (Å²) in [6.07, 6.45) is -9.63. The topological polar surface area (TPSA) is 94.0 Å². The van der Waals surface area contributed by atoms with E-state index in [-0.39, 0.29) is 21.6 Å². The molecule has 0 saturated carbocycles. The standard InChI is InChI=1S/C19H15ClF5N3O4/c1-7-3-8(19(23,24)25)4-13(26-7)28-14(15(29)16(30)18(28)32)17(31)27(2)12-5-9(20)10(21)6-11(12)22/h3-6,14-16,29-30H,1-2H3/i2D3. The molecule has 1 aliphatic heterocycles. The van der Waals surface area contributed by atoms with Gasteiger partial charge in [0.1, 0.15) is 29.6 Å². The van der Waals surface area contributed by atoms with E-state index in [1.807, 2.05) is 0 Å². The van der Waals surface area contributed by atoms with E-state index in [0.717, 1.165) is 6.92 Å². The second kappa shape index (κ2) is 8.26. The number of aliphatic hydroxyl groups excluding tert-OH is 2. The van der Waals surface area contributed by atoms with Gasteiger partial charge < -0.3 is 15.1 Å². The maximum absolute atomic E-state index is 14.5. The first-order valence-corrected chi connectivity index (χ1v) is 9.06. The zero-order chi connectivity index (χ0) is 26.6. The number of aromatic nitrogens is 1. The van der Waals surface area contributed by atoms with E-state index in [4.69, 9.17) is 15.7 Å². The third-order valence-electron chi connectivity index (χ3n) is 4.63. The van der Waals surface area contributed by atoms with Gasteiger partial charge in [0.15, 0.2) is 6.10 Å². The highest BCUT2D eigenvalue weighted by Gasteiger charge is 2.53. The number of carbonyl (C=O) groups excluding carboxylic acids is 2. The lowest BCUT2D eigenvalue weighted by Crippen LogP contribution is -2.50. The Hall–Kier alpha value is -2.83. The number of pyridine rings is 1. The van der Waals surface area contributed by atoms with Crippen LogP contribution in [-0.4, -0.2) is 52.2 Å². The normalized spacial score (nSPS) is 23.0. The van der Waals surface area contributed by atoms with Crippen LogP contribution in [0.3, 0.4) is 0 Å². The second-order valence-corrected chi connectivity index (χ2v) is 7.24. The molecule has 1 fully saturated rings. The summed E-state index contributed by atoms with van der Waals surface area (Å²) >= 11 is 5.59. The highest BCUT2D eigenvalue weighted by atomic mass is 35.5. The van der Waals surface area contributed by atoms with Crippen molar-refractivity contribution in [2.75, 3.05) is 16.8 Å². The zero-order valence-corrected chi connectivity index (χ0v) is 16.6. The minimum Gasteiger partial charge on any atom is -0.387 e. The fourth-order valence-electron chi connectivity index (χ4n) is 3.14. The SMILES string of the molecule is [2H]C([2H])([2H])N(C(=O)C1C(O)C(O)C(=O)N1c1cc(C(F)(F)F)cc(C)n1)c1cc(Cl)c(F)cc1F. The van der Waals surface area contributed by atoms with Crippen LogP contribution in [0.25, 0.3) is 0 Å². The van der Waals surface area contributed by atoms with Crippen molar-refractivity contribution in [3.63, 3.8) is 0 Å². The fraction of sp³-hybridized carbons (Fsp3) is 0.316. The quantitative estimate of drug-likeness (QED) is 0.518. The molecule has 32 heavy (non-hydrogen) atoms. The van der Waals surface area contributed by atoms with E-state index >= 15 is 0 Å². The third-order valence-corrected chi connectivity index (χ3v) is 4.92. The Morgan fingerprint density at radius 2 is 1.88 bits per heavy atom. The Morgan fingerprint density at radius 1 is 1.22 bits per heavy atom. The largest absolute Gasteiger partial charge is 0.416 e. The number of likely N-dealkylation sites (N-methyl/N-ethyl adjacent to an activating group) is 1. The van der Waals surface area contributed by atoms with Crippen LogP contribution < -0.4 is 9.80 Å². The second-order valence-electron chi connectivity index (χ2n) is 6.83. The van der Waals surface area contributed by atoms with Gasteiger partial charge in [-0.15, -0.1) is 0 Å². The van der Waals surface area contributed by atoms with Crippen LogP contribution in [0.2, 0.25) is 5.02 Å². The molecular formula is C19H15ClF5N3O4. The summed E-state index contributed by atoms with van der Waals surface area (Å²) in [5.41, 5.74) is -2.64. The molecule has 7 nitrogen and oxygen atoms in total. The molecule has 1 aliphatic rings. The number of nitrogens with zero attached hydrogens (tertiary/aromatic N) is 3. The molecule has 2 heterocycles. The summed E-state index contributed by atoms with van der Waals surface area (Å²) in [4.78, 5) is 29.7. The Bertz CT molecular complexity index is 1200. The lowest BCUT2D eigenvalue weighted by molar-refractivity contribution is -0.137. The van der Waals surface area contributed by atoms with E-state index in [9.17, 15) is 41.8 Å². The summed E-state index contributed by atoms with van der Waals surface area (Å²) in [5.74, 6) is -6.89. The minimum absolute atomic E-state index is 0.185. The van der Waals surface area contributed by atoms with Gasteiger partial charge >= 0.3 is 6.18 Å². The predicted octanol–water partition coefficient (Wildman–Crippen LogP) is 2.44. The molecule has 3 rings (SSSR count). The van der Waals surface area contributed by atoms with Crippen molar-refractivity contribution >= 4 is 34.9 Å². The molecule has 0 bridgehead atoms. The van der Waals surface area contributed by atoms with E-state index < -0.39 is 76.9 Å². The van der Waals surface area contributed by atoms with Crippen molar-refractivity contribution in [3.05, 3.63) is 52.2 Å². The molecule has 1 aromatic carbocycles. The monoisotopic (exact) mass is 482 g/mol. The van der Waals surface area contributed by atoms with Crippen LogP contribution in [0.5, 0.6) is 0 Å². The Balaban J connectivity index is 2.20. The third kappa shape index (κ3) is 4.12. The zero-order valence-electron chi connectivity index (χ0n) is 18.9. The van der Waals surface area contributed by atoms with Crippen LogP contribution in [-0.2, 0) is 15.8 Å². The molecule has 1 aromatic heterocycles. The summed E-state index contributed by atoms with van der Waals surface area (Å²) < 4.78 is 90.9. The first-order valence-electron chi connectivity index (χ1n) is 10.2. The van der Waals surface area contributed by atoms with E-state index in [0.29, 0.717) is 18.2 Å². The van der Waals surface area contributed by atoms with E-state index in [1.165, 1.54) is 0 Å². The van der Waals surface area contributed by atoms with Crippen LogP contribution in [0, 0.1) is 18.6 Å². The van der Waals surface area contributed by atoms with Gasteiger partial charge in [0.2, 0.25) is 0 Å². The molecule has 2 N–H and O–H groups in total. The molecule has 3 unspecified atom stereocenters. The molecule has 0 aliphatic carbocycles. The van der Waals surface area contributed by atoms with Gasteiger partial charge in [-0.3, -0.25) is 14.5 Å². The smallest absolute Gasteiger partial charge is 0.387 e. The number of alkyl halides is 3. The van der Waals surface area contributed by atoms with Crippen molar-refractivity contribution in [2.45, 2.75) is 31.3 Å². The number of rotatable bonds is 3. The van der Waals surface area contributed by atoms with Crippen LogP contribution in [0.4, 0.5) is 33.5 Å². The van der Waals surface area contributed by atoms with Gasteiger partial charge in [-0.25, -0.2) is 13.8 Å². The number of aryl methyl sites for hydroxylation is 1. The maximum Gasteiger partial charge on any atom is 0.416 e. The van der Waals surface area contributed by atoms with Crippen molar-refractivity contribution < 1.29 is 45.9 Å². The molecule has 0 spiro atoms. The van der Waals surface area contributed by atoms with Crippen molar-refractivity contribution in [1.82, 2.24) is 4.98 Å². The number of hydrogen-bond acceptors (Lipinski definition) is 5. The summed E-state index contributed by atoms with van der Waals surface area (Å²) in [6.45, 7) is -2.38. The first-order chi connectivity index (χ1) is 15.9. The van der Waals surface area contributed by atoms with Gasteiger partial charge in [-0.1, -0.05) is 11.6 Å². The molecule has 3 atom stereocenters. The number of halogens is 6. The number of anilines is 2. The number of amides is 2. The van der Waals surface area contributed by atoms with Crippen molar-refractivity contribution in [1.29, 1.82) is 0 Å². The fourth-order valence-corrected chi connectivity index (χ4v) is 3.29. The molecule has 0 radical (unpaired) electrons. The average Bonchev–Trinajstić information content (AvgIpc) is 2.93. The van der Waals surface area contributed by atoms with Gasteiger partial charge in [0.05, 0.1) is 16.3 Å². The number of carbonyl (C=O) groups is 2. The average molecular weight is 483 g/mol. The van der Waals surface area contributed by atoms with Gasteiger partial charge in [0.25, 0.3) is 11.8 Å². The lowest BCUT2D eigenvalue weighted by atomic mass is 10.1. The molecule has 2 aromatic rings. The highest BCUT2D eigenvalue weighted by molar-refractivity contribution is 6.31. The van der Waals surface area contributed by atoms with E-state index in [2.05, 4.69) is 4.98 Å². The first kappa shape index (κ1) is 19.8. The number of hydrogen-bond donors (Lipinski definition) is 2. The molecule has 13 heteroatoms. The molecular weight excluding hydrogens is 465 g/mol. The Labute approximate surface area is 186 Å². The number of benzene rings is 1. The van der Waals surface area contributed by atoms with E-state index in [1.54, 1.807) is 0 Å². The maximum atomic E-state index is 14.5. The van der Waals surface area contributed by atoms with Crippen LogP contribution >= 0.6 is 11.6 Å². The lowest BCUT2D eigenvalue weighted by Gasteiger charge is -2.29. The van der Waals surface area contributed by atoms with Crippen LogP contribution in [0.1, 0.15) is 15.4 Å². The summed E-state index contributed by atoms with van der Waals surface area (Å²) in [7, 11) is 0.